The van der Waals surface area contributed by atoms with Crippen LogP contribution in [-0.4, -0.2) is 131 Å². The highest BCUT2D eigenvalue weighted by atomic mass is 35.8. The number of anilines is 2. The molecule has 5 N–H and O–H groups in total. The van der Waals surface area contributed by atoms with Gasteiger partial charge >= 0.3 is 43.7 Å². The summed E-state index contributed by atoms with van der Waals surface area (Å²) in [6.07, 6.45) is 1.64. The number of aromatic carboxylic acids is 1. The zero-order valence-electron chi connectivity index (χ0n) is 47.0. The molecule has 2 aromatic carbocycles. The fraction of sp³-hybridized carbons (Fsp3) is 0.519. The number of ketones is 2. The van der Waals surface area contributed by atoms with Crippen LogP contribution in [0.2, 0.25) is 11.6 Å². The van der Waals surface area contributed by atoms with Gasteiger partial charge in [-0.1, -0.05) is 48.4 Å². The largest absolute Gasteiger partial charge is 0.643 e. The van der Waals surface area contributed by atoms with Crippen LogP contribution in [0.25, 0.3) is 0 Å². The van der Waals surface area contributed by atoms with E-state index < -0.39 is 77.9 Å². The second-order valence-corrected chi connectivity index (χ2v) is 30.5. The molecule has 81 heavy (non-hydrogen) atoms. The standard InChI is InChI=1S/C36H50BN3O9S.C16H16BN3O6S.Al.3ClH/c1-33(2,3)46-30(42)23-14-12-13-20(29(23)44-10)15-22(37-48-27-17-21-16-26(35(21,7)8)36(27,9)49-37)18-25(41)28(40-45-11)24-19-50-31(38-24)39-32(43)47-34(4,5)6;1-25-20-13(11-7-27-16(18)19-11)12(21)6-9-5-8-3-2-4-10(15(22)23)14(8)26-17(9)24;;;;/h12-14,19,21-22,26-27H,15-18H2,1-11H3,(H,38,39,43);2-4,7,9,24H,5-6H2,1H3,(H2,18,19)(H,22,23);;3*1H/q;;+3;;;/p-3/b40-28-;20-13-;;;;/t21-,22+,26-,27?,36-;9-;;;;/m01..../s1. The molecule has 2 aliphatic heterocycles. The van der Waals surface area contributed by atoms with Gasteiger partial charge in [0.15, 0.2) is 33.3 Å². The number of nitrogens with two attached hydrogens (primary N) is 1. The lowest BCUT2D eigenvalue weighted by atomic mass is 9.43. The molecule has 21 nitrogen and oxygen atoms in total. The predicted molar refractivity (Wildman–Crippen MR) is 313 cm³/mol. The number of thiazole rings is 2. The van der Waals surface area contributed by atoms with Crippen molar-refractivity contribution in [2.45, 2.75) is 135 Å². The van der Waals surface area contributed by atoms with E-state index in [-0.39, 0.29) is 80.8 Å². The highest BCUT2D eigenvalue weighted by Crippen LogP contribution is 2.66. The molecule has 2 bridgehead atoms. The molecular formula is C52H66AlB2Cl3N6O15S2. The van der Waals surface area contributed by atoms with E-state index in [0.29, 0.717) is 40.8 Å². The maximum absolute atomic E-state index is 14.2. The molecule has 6 atom stereocenters. The lowest BCUT2D eigenvalue weighted by Gasteiger charge is -2.64. The zero-order chi connectivity index (χ0) is 59.9. The van der Waals surface area contributed by atoms with Gasteiger partial charge in [-0.3, -0.25) is 14.9 Å². The van der Waals surface area contributed by atoms with Crippen LogP contribution in [0.4, 0.5) is 15.1 Å². The van der Waals surface area contributed by atoms with Crippen molar-refractivity contribution in [2.75, 3.05) is 32.4 Å². The fourth-order valence-electron chi connectivity index (χ4n) is 10.5. The predicted octanol–water partition coefficient (Wildman–Crippen LogP) is 10.0. The number of Topliss-reactive ketones (excluding diaryl/α,β-unsaturated/α-hetero) is 2. The number of halogens is 3. The van der Waals surface area contributed by atoms with Gasteiger partial charge in [0.25, 0.3) is 0 Å². The number of oxime groups is 2. The second kappa shape index (κ2) is 27.1. The first-order valence-electron chi connectivity index (χ1n) is 25.7. The quantitative estimate of drug-likeness (QED) is 0.0331. The minimum atomic E-state index is -1.72. The lowest BCUT2D eigenvalue weighted by Crippen LogP contribution is -2.65. The Bertz CT molecular complexity index is 3010. The highest BCUT2D eigenvalue weighted by Gasteiger charge is 2.68. The van der Waals surface area contributed by atoms with Gasteiger partial charge in [0.05, 0.1) is 24.4 Å². The number of carbonyl (C=O) groups is 5. The molecule has 4 aromatic rings. The minimum Gasteiger partial charge on any atom is -0.535 e. The number of amides is 1. The first-order valence-corrected chi connectivity index (χ1v) is 32.7. The highest BCUT2D eigenvalue weighted by molar-refractivity contribution is 7.54. The van der Waals surface area contributed by atoms with E-state index in [1.165, 1.54) is 38.7 Å². The molecule has 0 spiro atoms. The fourth-order valence-corrected chi connectivity index (χ4v) is 11.7. The molecule has 1 saturated heterocycles. The Kier molecular flexibility index (Phi) is 21.8. The van der Waals surface area contributed by atoms with Gasteiger partial charge in [-0.15, -0.1) is 22.7 Å². The Balaban J connectivity index is 0.000000285. The number of para-hydroxylation sites is 2. The average molecular weight is 1230 g/mol. The van der Waals surface area contributed by atoms with Gasteiger partial charge in [-0.25, -0.2) is 54.5 Å². The summed E-state index contributed by atoms with van der Waals surface area (Å²) in [5.41, 5.74) is 5.94. The number of ether oxygens (including phenoxy) is 3. The van der Waals surface area contributed by atoms with Gasteiger partial charge < -0.3 is 53.7 Å². The number of aromatic nitrogens is 2. The first kappa shape index (κ1) is 65.2. The molecule has 0 radical (unpaired) electrons. The summed E-state index contributed by atoms with van der Waals surface area (Å²) in [5, 5.41) is 33.7. The van der Waals surface area contributed by atoms with Crippen LogP contribution in [0, 0.1) is 17.3 Å². The Morgan fingerprint density at radius 2 is 1.49 bits per heavy atom. The van der Waals surface area contributed by atoms with Crippen LogP contribution >= 0.6 is 52.8 Å². The number of nitrogens with one attached hydrogen (secondary N) is 1. The number of esters is 1. The molecule has 5 aliphatic rings. The smallest absolute Gasteiger partial charge is 0.535 e. The molecule has 4 fully saturated rings. The third kappa shape index (κ3) is 16.4. The van der Waals surface area contributed by atoms with Gasteiger partial charge in [-0.2, -0.15) is 0 Å². The maximum atomic E-state index is 14.2. The number of nitrogen functional groups attached to an aromatic ring is 1. The van der Waals surface area contributed by atoms with E-state index in [4.69, 9.17) is 73.7 Å². The van der Waals surface area contributed by atoms with Crippen LogP contribution in [0.5, 0.6) is 11.5 Å². The molecular weight excluding hydrogens is 1170 g/mol. The number of carbonyl (C=O) groups excluding carboxylic acids is 4. The third-order valence-electron chi connectivity index (χ3n) is 14.1. The molecule has 436 valence electrons. The Morgan fingerprint density at radius 3 is 2.07 bits per heavy atom. The van der Waals surface area contributed by atoms with Crippen molar-refractivity contribution in [3.63, 3.8) is 0 Å². The SMILES string of the molecule is CO/N=C(\C(=O)C[C@@H](Cc1cccc(C(=O)OC(C)(C)C)c1OC)B1OC2C[C@@H]3C[C@@H](C3(C)C)[C@]2(C)O1)c1csc(NC(=O)OC(C)(C)C)n1.CO/N=C(\C(=O)C[C@H]1Cc2cccc(C(=O)O)c2OB1O)c1csc(N)n1.[Cl][Al]([Cl])[Cl]. The summed E-state index contributed by atoms with van der Waals surface area (Å²) in [4.78, 5) is 82.1. The molecule has 3 saturated carbocycles. The molecule has 1 amide bonds. The van der Waals surface area contributed by atoms with E-state index in [0.717, 1.165) is 24.2 Å². The summed E-state index contributed by atoms with van der Waals surface area (Å²) < 4.78 is 35.8. The molecule has 2 aromatic heterocycles. The minimum absolute atomic E-state index is 0.00253. The van der Waals surface area contributed by atoms with E-state index >= 15 is 0 Å². The summed E-state index contributed by atoms with van der Waals surface area (Å²) in [6.45, 7) is 17.4. The van der Waals surface area contributed by atoms with Crippen molar-refractivity contribution in [1.82, 2.24) is 9.97 Å². The number of carboxylic acids is 1. The number of nitrogens with zero attached hydrogens (tertiary/aromatic N) is 4. The van der Waals surface area contributed by atoms with Crippen LogP contribution < -0.4 is 20.4 Å². The maximum Gasteiger partial charge on any atom is 0.643 e. The number of benzene rings is 2. The molecule has 4 heterocycles. The van der Waals surface area contributed by atoms with Crippen LogP contribution in [-0.2, 0) is 50.9 Å². The average Bonchev–Trinajstić information content (AvgIpc) is 3.17. The molecule has 9 rings (SSSR count). The van der Waals surface area contributed by atoms with Crippen LogP contribution in [0.3, 0.4) is 0 Å². The molecule has 1 unspecified atom stereocenters. The second-order valence-electron chi connectivity index (χ2n) is 22.4. The zero-order valence-corrected chi connectivity index (χ0v) is 52.1. The van der Waals surface area contributed by atoms with E-state index in [1.54, 1.807) is 76.6 Å². The summed E-state index contributed by atoms with van der Waals surface area (Å²) in [5.74, 6) is -2.13. The molecule has 3 aliphatic carbocycles. The van der Waals surface area contributed by atoms with Crippen molar-refractivity contribution < 1.29 is 72.0 Å². The molecule has 29 heteroatoms. The monoisotopic (exact) mass is 1230 g/mol. The van der Waals surface area contributed by atoms with E-state index in [2.05, 4.69) is 46.4 Å². The number of hydrogen-bond donors (Lipinski definition) is 4. The third-order valence-corrected chi connectivity index (χ3v) is 15.5. The van der Waals surface area contributed by atoms with Gasteiger partial charge in [0.2, 0.25) is 0 Å². The van der Waals surface area contributed by atoms with Crippen molar-refractivity contribution in [2.24, 2.45) is 27.6 Å². The number of hydrogen-bond acceptors (Lipinski definition) is 21. The van der Waals surface area contributed by atoms with Gasteiger partial charge in [0, 0.05) is 35.2 Å². The van der Waals surface area contributed by atoms with E-state index in [1.807, 2.05) is 6.07 Å². The number of rotatable bonds is 17. The Morgan fingerprint density at radius 1 is 0.889 bits per heavy atom. The van der Waals surface area contributed by atoms with Crippen LogP contribution in [0.15, 0.2) is 57.5 Å². The Hall–Kier alpha value is -5.00. The van der Waals surface area contributed by atoms with Gasteiger partial charge in [-0.05, 0) is 115 Å². The summed E-state index contributed by atoms with van der Waals surface area (Å²) in [7, 11) is 17.0. The van der Waals surface area contributed by atoms with Crippen molar-refractivity contribution in [3.05, 3.63) is 80.8 Å². The van der Waals surface area contributed by atoms with Crippen molar-refractivity contribution in [1.29, 1.82) is 0 Å². The number of fused-ring (bicyclic) bond motifs is 1. The summed E-state index contributed by atoms with van der Waals surface area (Å²) in [6, 6.07) is 10.0. The lowest BCUT2D eigenvalue weighted by molar-refractivity contribution is -0.199. The Labute approximate surface area is 496 Å². The first-order chi connectivity index (χ1) is 37.9. The summed E-state index contributed by atoms with van der Waals surface area (Å²) >= 11 is 0.575. The number of methoxy groups -OCH3 is 1. The van der Waals surface area contributed by atoms with Crippen molar-refractivity contribution >= 4 is 130 Å². The normalized spacial score (nSPS) is 21.1. The van der Waals surface area contributed by atoms with E-state index in [9.17, 15) is 34.1 Å². The van der Waals surface area contributed by atoms with Gasteiger partial charge in [0.1, 0.15) is 53.9 Å². The van der Waals surface area contributed by atoms with Crippen LogP contribution in [0.1, 0.15) is 131 Å². The topological polar surface area (TPSA) is 288 Å². The number of carboxylic acid groups (broad SMARTS) is 1. The van der Waals surface area contributed by atoms with Crippen molar-refractivity contribution in [3.8, 4) is 11.5 Å².